The zero-order chi connectivity index (χ0) is 20.4. The van der Waals surface area contributed by atoms with Crippen LogP contribution in [0, 0.1) is 19.8 Å². The molecule has 6 heteroatoms. The highest BCUT2D eigenvalue weighted by atomic mass is 16.5. The molecule has 1 saturated heterocycles. The number of hydrogen-bond donors (Lipinski definition) is 1. The number of aryl methyl sites for hydroxylation is 2. The number of methoxy groups -OCH3 is 1. The van der Waals surface area contributed by atoms with Crippen LogP contribution in [0.5, 0.6) is 5.75 Å². The van der Waals surface area contributed by atoms with Crippen molar-refractivity contribution >= 4 is 11.9 Å². The third-order valence-electron chi connectivity index (χ3n) is 6.25. The summed E-state index contributed by atoms with van der Waals surface area (Å²) >= 11 is 0. The fourth-order valence-corrected chi connectivity index (χ4v) is 4.27. The molecule has 2 aliphatic rings. The van der Waals surface area contributed by atoms with Gasteiger partial charge in [-0.15, -0.1) is 0 Å². The Labute approximate surface area is 172 Å². The van der Waals surface area contributed by atoms with Gasteiger partial charge >= 0.3 is 0 Å². The minimum Gasteiger partial charge on any atom is -0.497 e. The lowest BCUT2D eigenvalue weighted by atomic mass is 9.93. The van der Waals surface area contributed by atoms with Gasteiger partial charge in [-0.25, -0.2) is 9.97 Å². The fraction of sp³-hybridized carbons (Fsp3) is 0.522. The number of nitrogens with one attached hydrogen (secondary N) is 1. The van der Waals surface area contributed by atoms with Gasteiger partial charge in [-0.05, 0) is 69.2 Å². The summed E-state index contributed by atoms with van der Waals surface area (Å²) in [5.74, 6) is 2.33. The topological polar surface area (TPSA) is 67.3 Å². The van der Waals surface area contributed by atoms with Gasteiger partial charge in [0, 0.05) is 31.0 Å². The number of nitrogens with zero attached hydrogens (tertiary/aromatic N) is 3. The van der Waals surface area contributed by atoms with Crippen molar-refractivity contribution in [2.75, 3.05) is 31.6 Å². The average molecular weight is 395 g/mol. The van der Waals surface area contributed by atoms with Crippen LogP contribution in [-0.2, 0) is 10.2 Å². The van der Waals surface area contributed by atoms with Gasteiger partial charge in [-0.2, -0.15) is 0 Å². The number of rotatable bonds is 6. The van der Waals surface area contributed by atoms with Crippen LogP contribution in [0.2, 0.25) is 0 Å². The second-order valence-corrected chi connectivity index (χ2v) is 8.40. The molecule has 1 aromatic heterocycles. The smallest absolute Gasteiger partial charge is 0.230 e. The summed E-state index contributed by atoms with van der Waals surface area (Å²) in [4.78, 5) is 24.3. The molecule has 2 heterocycles. The van der Waals surface area contributed by atoms with Crippen LogP contribution in [0.25, 0.3) is 0 Å². The SMILES string of the molecule is COc1ccc(C2(C(=O)NCC3CCN(c4nc(C)cc(C)n4)CC3)CC2)cc1. The Balaban J connectivity index is 1.29. The van der Waals surface area contributed by atoms with E-state index < -0.39 is 0 Å². The maximum Gasteiger partial charge on any atom is 0.230 e. The van der Waals surface area contributed by atoms with Gasteiger partial charge in [0.2, 0.25) is 11.9 Å². The van der Waals surface area contributed by atoms with E-state index in [0.29, 0.717) is 5.92 Å². The van der Waals surface area contributed by atoms with Gasteiger partial charge in [0.25, 0.3) is 0 Å². The molecule has 1 aromatic carbocycles. The highest BCUT2D eigenvalue weighted by Gasteiger charge is 2.51. The number of benzene rings is 1. The Morgan fingerprint density at radius 3 is 2.31 bits per heavy atom. The molecule has 1 amide bonds. The van der Waals surface area contributed by atoms with E-state index in [9.17, 15) is 4.79 Å². The van der Waals surface area contributed by atoms with Crippen molar-refractivity contribution < 1.29 is 9.53 Å². The van der Waals surface area contributed by atoms with Crippen LogP contribution >= 0.6 is 0 Å². The third kappa shape index (κ3) is 4.21. The van der Waals surface area contributed by atoms with E-state index in [1.165, 1.54) is 0 Å². The first-order valence-corrected chi connectivity index (χ1v) is 10.5. The molecular weight excluding hydrogens is 364 g/mol. The van der Waals surface area contributed by atoms with E-state index in [4.69, 9.17) is 4.74 Å². The zero-order valence-electron chi connectivity index (χ0n) is 17.6. The summed E-state index contributed by atoms with van der Waals surface area (Å²) in [7, 11) is 1.66. The molecule has 154 valence electrons. The van der Waals surface area contributed by atoms with Gasteiger partial charge in [-0.3, -0.25) is 4.79 Å². The molecule has 1 aliphatic heterocycles. The van der Waals surface area contributed by atoms with Crippen molar-refractivity contribution in [3.05, 3.63) is 47.3 Å². The van der Waals surface area contributed by atoms with Crippen LogP contribution in [0.4, 0.5) is 5.95 Å². The van der Waals surface area contributed by atoms with Crippen molar-refractivity contribution in [3.8, 4) is 5.75 Å². The fourth-order valence-electron chi connectivity index (χ4n) is 4.27. The summed E-state index contributed by atoms with van der Waals surface area (Å²) < 4.78 is 5.23. The first-order valence-electron chi connectivity index (χ1n) is 10.5. The molecule has 0 bridgehead atoms. The van der Waals surface area contributed by atoms with Crippen LogP contribution in [0.3, 0.4) is 0 Å². The van der Waals surface area contributed by atoms with Gasteiger partial charge < -0.3 is 15.0 Å². The van der Waals surface area contributed by atoms with E-state index in [1.54, 1.807) is 7.11 Å². The lowest BCUT2D eigenvalue weighted by Gasteiger charge is -2.32. The summed E-state index contributed by atoms with van der Waals surface area (Å²) in [6.45, 7) is 6.65. The molecule has 1 aliphatic carbocycles. The van der Waals surface area contributed by atoms with Crippen molar-refractivity contribution in [1.29, 1.82) is 0 Å². The minimum absolute atomic E-state index is 0.169. The Bertz CT molecular complexity index is 849. The second kappa shape index (κ2) is 8.01. The lowest BCUT2D eigenvalue weighted by molar-refractivity contribution is -0.123. The second-order valence-electron chi connectivity index (χ2n) is 8.40. The third-order valence-corrected chi connectivity index (χ3v) is 6.25. The first-order chi connectivity index (χ1) is 14.0. The molecule has 1 saturated carbocycles. The molecule has 2 aromatic rings. The van der Waals surface area contributed by atoms with Crippen LogP contribution in [0.1, 0.15) is 42.6 Å². The maximum atomic E-state index is 12.9. The highest BCUT2D eigenvalue weighted by Crippen LogP contribution is 2.48. The van der Waals surface area contributed by atoms with Crippen LogP contribution in [0.15, 0.2) is 30.3 Å². The van der Waals surface area contributed by atoms with Crippen LogP contribution in [-0.4, -0.2) is 42.6 Å². The molecule has 6 nitrogen and oxygen atoms in total. The maximum absolute atomic E-state index is 12.9. The largest absolute Gasteiger partial charge is 0.497 e. The first kappa shape index (κ1) is 19.7. The van der Waals surface area contributed by atoms with E-state index >= 15 is 0 Å². The van der Waals surface area contributed by atoms with Gasteiger partial charge in [-0.1, -0.05) is 12.1 Å². The number of carbonyl (C=O) groups is 1. The van der Waals surface area contributed by atoms with Crippen molar-refractivity contribution in [2.24, 2.45) is 5.92 Å². The van der Waals surface area contributed by atoms with Gasteiger partial charge in [0.15, 0.2) is 0 Å². The summed E-state index contributed by atoms with van der Waals surface area (Å²) in [5, 5.41) is 3.24. The predicted molar refractivity (Wildman–Crippen MR) is 113 cm³/mol. The molecule has 2 fully saturated rings. The normalized spacial score (nSPS) is 18.4. The van der Waals surface area contributed by atoms with E-state index in [0.717, 1.165) is 74.0 Å². The van der Waals surface area contributed by atoms with Crippen molar-refractivity contribution in [1.82, 2.24) is 15.3 Å². The van der Waals surface area contributed by atoms with Gasteiger partial charge in [0.05, 0.1) is 12.5 Å². The Morgan fingerprint density at radius 2 is 1.76 bits per heavy atom. The molecule has 4 rings (SSSR count). The molecule has 0 spiro atoms. The van der Waals surface area contributed by atoms with E-state index in [1.807, 2.05) is 44.2 Å². The summed E-state index contributed by atoms with van der Waals surface area (Å²) in [6.07, 6.45) is 3.94. The van der Waals surface area contributed by atoms with Crippen molar-refractivity contribution in [2.45, 2.75) is 44.9 Å². The number of anilines is 1. The number of piperidine rings is 1. The van der Waals surface area contributed by atoms with E-state index in [-0.39, 0.29) is 11.3 Å². The molecule has 0 unspecified atom stereocenters. The van der Waals surface area contributed by atoms with Gasteiger partial charge in [0.1, 0.15) is 5.75 Å². The highest BCUT2D eigenvalue weighted by molar-refractivity contribution is 5.91. The number of ether oxygens (including phenoxy) is 1. The number of hydrogen-bond acceptors (Lipinski definition) is 5. The number of carbonyl (C=O) groups excluding carboxylic acids is 1. The number of amides is 1. The van der Waals surface area contributed by atoms with Crippen LogP contribution < -0.4 is 15.0 Å². The summed E-state index contributed by atoms with van der Waals surface area (Å²) in [5.41, 5.74) is 2.78. The molecule has 0 atom stereocenters. The monoisotopic (exact) mass is 394 g/mol. The number of aromatic nitrogens is 2. The quantitative estimate of drug-likeness (QED) is 0.815. The molecule has 0 radical (unpaired) electrons. The standard InChI is InChI=1S/C23H30N4O2/c1-16-14-17(2)26-22(25-16)27-12-8-18(9-13-27)15-24-21(28)23(10-11-23)19-4-6-20(29-3)7-5-19/h4-7,14,18H,8-13,15H2,1-3H3,(H,24,28). The molecule has 1 N–H and O–H groups in total. The summed E-state index contributed by atoms with van der Waals surface area (Å²) in [6, 6.07) is 9.92. The minimum atomic E-state index is -0.333. The predicted octanol–water partition coefficient (Wildman–Crippen LogP) is 3.17. The zero-order valence-corrected chi connectivity index (χ0v) is 17.6. The van der Waals surface area contributed by atoms with Crippen molar-refractivity contribution in [3.63, 3.8) is 0 Å². The molecule has 29 heavy (non-hydrogen) atoms. The average Bonchev–Trinajstić information content (AvgIpc) is 3.54. The Hall–Kier alpha value is -2.63. The lowest BCUT2D eigenvalue weighted by Crippen LogP contribution is -2.42. The van der Waals surface area contributed by atoms with E-state index in [2.05, 4.69) is 20.2 Å². The Morgan fingerprint density at radius 1 is 1.14 bits per heavy atom. The molecular formula is C23H30N4O2. The Kier molecular flexibility index (Phi) is 5.43.